The van der Waals surface area contributed by atoms with Gasteiger partial charge in [-0.2, -0.15) is 0 Å². The molecule has 21 heavy (non-hydrogen) atoms. The number of nitrogens with zero attached hydrogens (tertiary/aromatic N) is 1. The van der Waals surface area contributed by atoms with Crippen molar-refractivity contribution in [2.45, 2.75) is 39.7 Å². The first-order valence-electron chi connectivity index (χ1n) is 7.84. The normalized spacial score (nSPS) is 20.6. The maximum atomic E-state index is 13.5. The molecular weight excluding hydrogens is 268 g/mol. The molecule has 1 aromatic carbocycles. The van der Waals surface area contributed by atoms with Crippen LogP contribution < -0.4 is 5.46 Å². The molecule has 0 radical (unpaired) electrons. The zero-order chi connectivity index (χ0) is 15.4. The molecule has 116 valence electrons. The van der Waals surface area contributed by atoms with Gasteiger partial charge in [-0.1, -0.05) is 26.0 Å². The first kappa shape index (κ1) is 16.5. The van der Waals surface area contributed by atoms with Crippen LogP contribution in [-0.2, 0) is 6.54 Å². The summed E-state index contributed by atoms with van der Waals surface area (Å²) in [6.45, 7) is 7.42. The first-order valence-corrected chi connectivity index (χ1v) is 7.84. The topological polar surface area (TPSA) is 43.7 Å². The molecule has 0 aliphatic carbocycles. The molecule has 0 aromatic heterocycles. The molecule has 1 saturated heterocycles. The van der Waals surface area contributed by atoms with Gasteiger partial charge in [-0.25, -0.2) is 4.39 Å². The number of rotatable bonds is 4. The van der Waals surface area contributed by atoms with E-state index >= 15 is 0 Å². The number of halogens is 1. The number of hydrogen-bond donors (Lipinski definition) is 2. The standard InChI is InChI=1S/C16H25BFNO2/c1-12(2)14-4-3-8-19(9-7-14)11-13-5-6-16(18)15(10-13)17(20)21/h5-6,10,12,14,20-21H,3-4,7-9,11H2,1-2H3. The Bertz CT molecular complexity index is 468. The number of benzene rings is 1. The average Bonchev–Trinajstić information content (AvgIpc) is 2.66. The molecule has 0 spiro atoms. The van der Waals surface area contributed by atoms with Crippen molar-refractivity contribution in [2.75, 3.05) is 13.1 Å². The molecule has 0 saturated carbocycles. The van der Waals surface area contributed by atoms with E-state index in [1.165, 1.54) is 25.3 Å². The van der Waals surface area contributed by atoms with Gasteiger partial charge in [-0.3, -0.25) is 4.90 Å². The molecule has 1 atom stereocenters. The molecule has 1 aliphatic rings. The summed E-state index contributed by atoms with van der Waals surface area (Å²) in [7, 11) is -1.75. The first-order chi connectivity index (χ1) is 9.97. The lowest BCUT2D eigenvalue weighted by Gasteiger charge is -2.21. The highest BCUT2D eigenvalue weighted by atomic mass is 19.1. The van der Waals surface area contributed by atoms with Gasteiger partial charge in [0.15, 0.2) is 0 Å². The second kappa shape index (κ2) is 7.39. The molecule has 2 N–H and O–H groups in total. The highest BCUT2D eigenvalue weighted by Crippen LogP contribution is 2.25. The lowest BCUT2D eigenvalue weighted by molar-refractivity contribution is 0.264. The smallest absolute Gasteiger partial charge is 0.423 e. The number of hydrogen-bond acceptors (Lipinski definition) is 3. The van der Waals surface area contributed by atoms with E-state index in [-0.39, 0.29) is 5.46 Å². The molecule has 1 fully saturated rings. The van der Waals surface area contributed by atoms with Crippen LogP contribution in [0.15, 0.2) is 18.2 Å². The molecule has 1 heterocycles. The third-order valence-electron chi connectivity index (χ3n) is 4.55. The van der Waals surface area contributed by atoms with Crippen LogP contribution in [0, 0.1) is 17.7 Å². The van der Waals surface area contributed by atoms with Crippen LogP contribution in [0.25, 0.3) is 0 Å². The summed E-state index contributed by atoms with van der Waals surface area (Å²) in [6, 6.07) is 4.61. The Morgan fingerprint density at radius 3 is 2.71 bits per heavy atom. The van der Waals surface area contributed by atoms with Crippen LogP contribution in [0.1, 0.15) is 38.7 Å². The monoisotopic (exact) mass is 293 g/mol. The summed E-state index contributed by atoms with van der Waals surface area (Å²) in [5.74, 6) is 0.953. The Balaban J connectivity index is 2.00. The van der Waals surface area contributed by atoms with E-state index in [0.717, 1.165) is 37.0 Å². The lowest BCUT2D eigenvalue weighted by atomic mass is 9.79. The summed E-state index contributed by atoms with van der Waals surface area (Å²) in [4.78, 5) is 2.38. The van der Waals surface area contributed by atoms with Crippen LogP contribution in [-0.4, -0.2) is 35.2 Å². The van der Waals surface area contributed by atoms with Crippen molar-refractivity contribution < 1.29 is 14.4 Å². The minimum Gasteiger partial charge on any atom is -0.423 e. The molecule has 3 nitrogen and oxygen atoms in total. The fraction of sp³-hybridized carbons (Fsp3) is 0.625. The van der Waals surface area contributed by atoms with E-state index in [1.807, 2.05) is 0 Å². The Kier molecular flexibility index (Phi) is 5.79. The predicted octanol–water partition coefficient (Wildman–Crippen LogP) is 1.76. The summed E-state index contributed by atoms with van der Waals surface area (Å²) in [5, 5.41) is 18.4. The van der Waals surface area contributed by atoms with Crippen molar-refractivity contribution in [2.24, 2.45) is 11.8 Å². The highest BCUT2D eigenvalue weighted by Gasteiger charge is 2.21. The highest BCUT2D eigenvalue weighted by molar-refractivity contribution is 6.58. The van der Waals surface area contributed by atoms with Gasteiger partial charge in [0.05, 0.1) is 0 Å². The summed E-state index contributed by atoms with van der Waals surface area (Å²) >= 11 is 0. The van der Waals surface area contributed by atoms with Crippen LogP contribution in [0.2, 0.25) is 0 Å². The molecule has 0 amide bonds. The third-order valence-corrected chi connectivity index (χ3v) is 4.55. The van der Waals surface area contributed by atoms with Crippen molar-refractivity contribution in [3.05, 3.63) is 29.6 Å². The average molecular weight is 293 g/mol. The largest absolute Gasteiger partial charge is 0.491 e. The summed E-state index contributed by atoms with van der Waals surface area (Å²) in [5.41, 5.74) is 0.893. The van der Waals surface area contributed by atoms with Gasteiger partial charge in [0.25, 0.3) is 0 Å². The predicted molar refractivity (Wildman–Crippen MR) is 83.7 cm³/mol. The SMILES string of the molecule is CC(C)C1CCCN(Cc2ccc(F)c(B(O)O)c2)CC1. The summed E-state index contributed by atoms with van der Waals surface area (Å²) in [6.07, 6.45) is 3.67. The van der Waals surface area contributed by atoms with Crippen molar-refractivity contribution >= 4 is 12.6 Å². The van der Waals surface area contributed by atoms with E-state index < -0.39 is 12.9 Å². The van der Waals surface area contributed by atoms with Crippen LogP contribution >= 0.6 is 0 Å². The Hall–Kier alpha value is -0.905. The second-order valence-electron chi connectivity index (χ2n) is 6.44. The number of likely N-dealkylation sites (tertiary alicyclic amines) is 1. The maximum Gasteiger partial charge on any atom is 0.491 e. The van der Waals surface area contributed by atoms with Gasteiger partial charge in [0.1, 0.15) is 5.82 Å². The molecule has 1 aliphatic heterocycles. The van der Waals surface area contributed by atoms with E-state index in [9.17, 15) is 14.4 Å². The fourth-order valence-corrected chi connectivity index (χ4v) is 3.15. The zero-order valence-corrected chi connectivity index (χ0v) is 12.9. The molecule has 1 aromatic rings. The van der Waals surface area contributed by atoms with Gasteiger partial charge >= 0.3 is 7.12 Å². The third kappa shape index (κ3) is 4.53. The molecule has 5 heteroatoms. The lowest BCUT2D eigenvalue weighted by Crippen LogP contribution is -2.33. The second-order valence-corrected chi connectivity index (χ2v) is 6.44. The quantitative estimate of drug-likeness (QED) is 0.832. The molecular formula is C16H25BFNO2. The molecule has 0 bridgehead atoms. The van der Waals surface area contributed by atoms with Crippen LogP contribution in [0.3, 0.4) is 0 Å². The molecule has 1 unspecified atom stereocenters. The van der Waals surface area contributed by atoms with Gasteiger partial charge < -0.3 is 10.0 Å². The van der Waals surface area contributed by atoms with Crippen molar-refractivity contribution in [3.63, 3.8) is 0 Å². The van der Waals surface area contributed by atoms with Gasteiger partial charge in [0.2, 0.25) is 0 Å². The van der Waals surface area contributed by atoms with E-state index in [2.05, 4.69) is 18.7 Å². The van der Waals surface area contributed by atoms with Gasteiger partial charge in [-0.05, 0) is 55.8 Å². The van der Waals surface area contributed by atoms with E-state index in [0.29, 0.717) is 0 Å². The van der Waals surface area contributed by atoms with Crippen molar-refractivity contribution in [3.8, 4) is 0 Å². The van der Waals surface area contributed by atoms with E-state index in [1.54, 1.807) is 12.1 Å². The zero-order valence-electron chi connectivity index (χ0n) is 12.9. The van der Waals surface area contributed by atoms with Gasteiger partial charge in [-0.15, -0.1) is 0 Å². The maximum absolute atomic E-state index is 13.5. The minimum absolute atomic E-state index is 0.0395. The molecule has 2 rings (SSSR count). The Morgan fingerprint density at radius 2 is 2.05 bits per heavy atom. The van der Waals surface area contributed by atoms with Crippen LogP contribution in [0.5, 0.6) is 0 Å². The van der Waals surface area contributed by atoms with Crippen molar-refractivity contribution in [1.82, 2.24) is 4.90 Å². The van der Waals surface area contributed by atoms with Crippen LogP contribution in [0.4, 0.5) is 4.39 Å². The van der Waals surface area contributed by atoms with Gasteiger partial charge in [0, 0.05) is 12.0 Å². The fourth-order valence-electron chi connectivity index (χ4n) is 3.15. The summed E-state index contributed by atoms with van der Waals surface area (Å²) < 4.78 is 13.5. The minimum atomic E-state index is -1.75. The van der Waals surface area contributed by atoms with E-state index in [4.69, 9.17) is 0 Å². The Morgan fingerprint density at radius 1 is 1.29 bits per heavy atom. The Labute approximate surface area is 126 Å². The van der Waals surface area contributed by atoms with Crippen molar-refractivity contribution in [1.29, 1.82) is 0 Å².